The van der Waals surface area contributed by atoms with Gasteiger partial charge >= 0.3 is 0 Å². The van der Waals surface area contributed by atoms with Gasteiger partial charge in [0.1, 0.15) is 5.75 Å². The van der Waals surface area contributed by atoms with Gasteiger partial charge in [0.05, 0.1) is 11.6 Å². The fraction of sp³-hybridized carbons (Fsp3) is 0.600. The van der Waals surface area contributed by atoms with Crippen molar-refractivity contribution in [2.75, 3.05) is 13.2 Å². The van der Waals surface area contributed by atoms with E-state index in [2.05, 4.69) is 19.2 Å². The number of benzene rings is 1. The van der Waals surface area contributed by atoms with Gasteiger partial charge in [0.25, 0.3) is 0 Å². The molecule has 0 aliphatic carbocycles. The van der Waals surface area contributed by atoms with E-state index in [0.29, 0.717) is 11.1 Å². The molecule has 1 N–H and O–H groups in total. The molecule has 0 atom stereocenters. The van der Waals surface area contributed by atoms with E-state index in [1.807, 2.05) is 25.1 Å². The number of nitrogens with one attached hydrogen (secondary N) is 1. The molecule has 0 unspecified atom stereocenters. The van der Waals surface area contributed by atoms with Crippen LogP contribution in [-0.2, 0) is 0 Å². The third-order valence-corrected chi connectivity index (χ3v) is 3.01. The van der Waals surface area contributed by atoms with Crippen LogP contribution in [0, 0.1) is 6.92 Å². The predicted octanol–water partition coefficient (Wildman–Crippen LogP) is 4.20. The third-order valence-electron chi connectivity index (χ3n) is 2.72. The van der Waals surface area contributed by atoms with Gasteiger partial charge in [-0.1, -0.05) is 31.5 Å². The molecule has 0 radical (unpaired) electrons. The Morgan fingerprint density at radius 1 is 1.22 bits per heavy atom. The molecule has 0 amide bonds. The molecule has 0 aliphatic heterocycles. The number of hydrogen-bond donors (Lipinski definition) is 1. The molecular formula is C15H24ClNO. The highest BCUT2D eigenvalue weighted by atomic mass is 35.5. The van der Waals surface area contributed by atoms with E-state index in [1.165, 1.54) is 12.8 Å². The van der Waals surface area contributed by atoms with E-state index < -0.39 is 0 Å². The number of halogens is 1. The maximum atomic E-state index is 6.09. The Balaban J connectivity index is 2.11. The van der Waals surface area contributed by atoms with E-state index in [9.17, 15) is 0 Å². The Bertz CT molecular complexity index is 352. The Labute approximate surface area is 116 Å². The van der Waals surface area contributed by atoms with Gasteiger partial charge in [-0.15, -0.1) is 0 Å². The number of aryl methyl sites for hydroxylation is 1. The summed E-state index contributed by atoms with van der Waals surface area (Å²) in [6.07, 6.45) is 3.45. The summed E-state index contributed by atoms with van der Waals surface area (Å²) < 4.78 is 5.67. The van der Waals surface area contributed by atoms with Crippen LogP contribution in [-0.4, -0.2) is 19.2 Å². The molecule has 18 heavy (non-hydrogen) atoms. The molecule has 0 saturated carbocycles. The fourth-order valence-electron chi connectivity index (χ4n) is 1.70. The van der Waals surface area contributed by atoms with Crippen LogP contribution in [0.15, 0.2) is 18.2 Å². The minimum atomic E-state index is 0.576. The van der Waals surface area contributed by atoms with Gasteiger partial charge in [-0.05, 0) is 50.4 Å². The minimum absolute atomic E-state index is 0.576. The lowest BCUT2D eigenvalue weighted by molar-refractivity contribution is 0.304. The first-order valence-electron chi connectivity index (χ1n) is 6.72. The normalized spacial score (nSPS) is 10.9. The zero-order valence-electron chi connectivity index (χ0n) is 11.6. The van der Waals surface area contributed by atoms with Crippen LogP contribution in [0.3, 0.4) is 0 Å². The Hall–Kier alpha value is -0.730. The highest BCUT2D eigenvalue weighted by molar-refractivity contribution is 6.32. The summed E-state index contributed by atoms with van der Waals surface area (Å²) in [5.74, 6) is 0.794. The van der Waals surface area contributed by atoms with E-state index in [0.717, 1.165) is 30.9 Å². The van der Waals surface area contributed by atoms with E-state index in [1.54, 1.807) is 0 Å². The van der Waals surface area contributed by atoms with Gasteiger partial charge in [-0.2, -0.15) is 0 Å². The van der Waals surface area contributed by atoms with Crippen molar-refractivity contribution in [2.45, 2.75) is 46.1 Å². The Morgan fingerprint density at radius 3 is 2.67 bits per heavy atom. The lowest BCUT2D eigenvalue weighted by Crippen LogP contribution is -2.23. The SMILES string of the molecule is Cc1ccc(OCCCCCNC(C)C)c(Cl)c1. The first-order chi connectivity index (χ1) is 8.59. The molecule has 3 heteroatoms. The maximum Gasteiger partial charge on any atom is 0.137 e. The molecule has 1 aromatic rings. The van der Waals surface area contributed by atoms with Crippen molar-refractivity contribution in [3.8, 4) is 5.75 Å². The maximum absolute atomic E-state index is 6.09. The summed E-state index contributed by atoms with van der Waals surface area (Å²) in [7, 11) is 0. The largest absolute Gasteiger partial charge is 0.492 e. The van der Waals surface area contributed by atoms with E-state index >= 15 is 0 Å². The topological polar surface area (TPSA) is 21.3 Å². The number of rotatable bonds is 8. The second-order valence-electron chi connectivity index (χ2n) is 4.95. The molecule has 1 aromatic carbocycles. The van der Waals surface area contributed by atoms with Gasteiger partial charge < -0.3 is 10.1 Å². The average molecular weight is 270 g/mol. The molecule has 0 aromatic heterocycles. The summed E-state index contributed by atoms with van der Waals surface area (Å²) in [4.78, 5) is 0. The van der Waals surface area contributed by atoms with E-state index in [4.69, 9.17) is 16.3 Å². The molecular weight excluding hydrogens is 246 g/mol. The van der Waals surface area contributed by atoms with Crippen LogP contribution in [0.2, 0.25) is 5.02 Å². The summed E-state index contributed by atoms with van der Waals surface area (Å²) in [6, 6.07) is 6.47. The van der Waals surface area contributed by atoms with Crippen molar-refractivity contribution in [3.05, 3.63) is 28.8 Å². The molecule has 0 spiro atoms. The van der Waals surface area contributed by atoms with Crippen LogP contribution < -0.4 is 10.1 Å². The van der Waals surface area contributed by atoms with Crippen LogP contribution in [0.1, 0.15) is 38.7 Å². The van der Waals surface area contributed by atoms with Crippen LogP contribution in [0.25, 0.3) is 0 Å². The summed E-state index contributed by atoms with van der Waals surface area (Å²) in [5.41, 5.74) is 1.16. The lowest BCUT2D eigenvalue weighted by Gasteiger charge is -2.09. The zero-order valence-corrected chi connectivity index (χ0v) is 12.4. The van der Waals surface area contributed by atoms with E-state index in [-0.39, 0.29) is 0 Å². The molecule has 0 saturated heterocycles. The van der Waals surface area contributed by atoms with Crippen molar-refractivity contribution in [3.63, 3.8) is 0 Å². The van der Waals surface area contributed by atoms with Gasteiger partial charge in [0.2, 0.25) is 0 Å². The van der Waals surface area contributed by atoms with Gasteiger partial charge in [0.15, 0.2) is 0 Å². The smallest absolute Gasteiger partial charge is 0.137 e. The standard InChI is InChI=1S/C15H24ClNO/c1-12(2)17-9-5-4-6-10-18-15-8-7-13(3)11-14(15)16/h7-8,11-12,17H,4-6,9-10H2,1-3H3. The Kier molecular flexibility index (Phi) is 7.14. The third kappa shape index (κ3) is 6.27. The number of ether oxygens (including phenoxy) is 1. The quantitative estimate of drug-likeness (QED) is 0.715. The van der Waals surface area contributed by atoms with Crippen molar-refractivity contribution < 1.29 is 4.74 Å². The minimum Gasteiger partial charge on any atom is -0.492 e. The first kappa shape index (κ1) is 15.3. The van der Waals surface area contributed by atoms with Crippen LogP contribution in [0.5, 0.6) is 5.75 Å². The molecule has 102 valence electrons. The molecule has 2 nitrogen and oxygen atoms in total. The molecule has 0 bridgehead atoms. The second kappa shape index (κ2) is 8.39. The summed E-state index contributed by atoms with van der Waals surface area (Å²) in [6.45, 7) is 8.19. The lowest BCUT2D eigenvalue weighted by atomic mass is 10.2. The molecule has 0 heterocycles. The molecule has 1 rings (SSSR count). The first-order valence-corrected chi connectivity index (χ1v) is 7.09. The molecule has 0 aliphatic rings. The highest BCUT2D eigenvalue weighted by Crippen LogP contribution is 2.25. The fourth-order valence-corrected chi connectivity index (χ4v) is 1.99. The van der Waals surface area contributed by atoms with Crippen LogP contribution >= 0.6 is 11.6 Å². The van der Waals surface area contributed by atoms with Crippen molar-refractivity contribution in [1.29, 1.82) is 0 Å². The second-order valence-corrected chi connectivity index (χ2v) is 5.36. The number of unbranched alkanes of at least 4 members (excludes halogenated alkanes) is 2. The average Bonchev–Trinajstić information content (AvgIpc) is 2.30. The molecule has 0 fully saturated rings. The zero-order chi connectivity index (χ0) is 13.4. The van der Waals surface area contributed by atoms with Crippen molar-refractivity contribution >= 4 is 11.6 Å². The predicted molar refractivity (Wildman–Crippen MR) is 78.7 cm³/mol. The van der Waals surface area contributed by atoms with Gasteiger partial charge in [-0.25, -0.2) is 0 Å². The van der Waals surface area contributed by atoms with Crippen LogP contribution in [0.4, 0.5) is 0 Å². The van der Waals surface area contributed by atoms with Gasteiger partial charge in [0, 0.05) is 6.04 Å². The van der Waals surface area contributed by atoms with Crippen molar-refractivity contribution in [2.24, 2.45) is 0 Å². The summed E-state index contributed by atoms with van der Waals surface area (Å²) in [5, 5.41) is 4.11. The van der Waals surface area contributed by atoms with Gasteiger partial charge in [-0.3, -0.25) is 0 Å². The van der Waals surface area contributed by atoms with Crippen molar-refractivity contribution in [1.82, 2.24) is 5.32 Å². The Morgan fingerprint density at radius 2 is 2.00 bits per heavy atom. The highest BCUT2D eigenvalue weighted by Gasteiger charge is 2.01. The number of hydrogen-bond acceptors (Lipinski definition) is 2. The summed E-state index contributed by atoms with van der Waals surface area (Å²) >= 11 is 6.09. The monoisotopic (exact) mass is 269 g/mol.